The monoisotopic (exact) mass is 408 g/mol. The fourth-order valence-electron chi connectivity index (χ4n) is 0.973. The number of alkyl halides is 9. The molecule has 0 bridgehead atoms. The highest BCUT2D eigenvalue weighted by Crippen LogP contribution is 2.54. The molecule has 0 spiro atoms. The zero-order valence-corrected chi connectivity index (χ0v) is 12.0. The maximum absolute atomic E-state index is 12.2. The average molecular weight is 408 g/mol. The van der Waals surface area contributed by atoms with Crippen LogP contribution in [-0.2, 0) is 19.7 Å². The van der Waals surface area contributed by atoms with Gasteiger partial charge in [0.15, 0.2) is 0 Å². The molecule has 0 heterocycles. The van der Waals surface area contributed by atoms with Gasteiger partial charge in [-0.2, -0.15) is 47.9 Å². The normalized spacial score (nSPS) is 16.6. The second-order valence-corrected chi connectivity index (χ2v) is 5.55. The first-order valence-corrected chi connectivity index (χ1v) is 6.85. The van der Waals surface area contributed by atoms with Gasteiger partial charge >= 0.3 is 33.4 Å². The molecule has 0 radical (unpaired) electrons. The van der Waals surface area contributed by atoms with Crippen LogP contribution in [0.15, 0.2) is 24.3 Å². The number of ketones is 2. The van der Waals surface area contributed by atoms with Gasteiger partial charge in [-0.05, 0) is 12.2 Å². The lowest BCUT2D eigenvalue weighted by Crippen LogP contribution is -2.63. The average Bonchev–Trinajstić information content (AvgIpc) is 2.40. The first-order chi connectivity index (χ1) is 10.8. The quantitative estimate of drug-likeness (QED) is 0.336. The van der Waals surface area contributed by atoms with E-state index in [1.54, 1.807) is 12.2 Å². The molecule has 0 fully saturated rings. The van der Waals surface area contributed by atoms with Crippen LogP contribution in [0.2, 0.25) is 0 Å². The Morgan fingerprint density at radius 3 is 1.24 bits per heavy atom. The number of hydrogen-bond donors (Lipinski definition) is 1. The van der Waals surface area contributed by atoms with E-state index in [9.17, 15) is 57.5 Å². The van der Waals surface area contributed by atoms with Crippen molar-refractivity contribution in [3.8, 4) is 0 Å². The highest BCUT2D eigenvalue weighted by molar-refractivity contribution is 7.87. The fraction of sp³-hybridized carbons (Fsp3) is 0.400. The van der Waals surface area contributed by atoms with Crippen LogP contribution in [0.3, 0.4) is 0 Å². The zero-order chi connectivity index (χ0) is 20.5. The molecule has 0 aromatic carbocycles. The van der Waals surface area contributed by atoms with Gasteiger partial charge in [0.05, 0.1) is 0 Å². The van der Waals surface area contributed by atoms with Crippen molar-refractivity contribution in [2.24, 2.45) is 0 Å². The molecule has 25 heavy (non-hydrogen) atoms. The summed E-state index contributed by atoms with van der Waals surface area (Å²) < 4.78 is 134. The van der Waals surface area contributed by atoms with Gasteiger partial charge in [-0.1, -0.05) is 12.2 Å². The van der Waals surface area contributed by atoms with Crippen molar-refractivity contribution in [2.45, 2.75) is 23.3 Å². The Balaban J connectivity index is 0.000000593. The smallest absolute Gasteiger partial charge is 0.286 e. The van der Waals surface area contributed by atoms with E-state index in [2.05, 4.69) is 0 Å². The summed E-state index contributed by atoms with van der Waals surface area (Å²) in [5, 5.41) is -7.00. The molecule has 1 rings (SSSR count). The lowest BCUT2D eigenvalue weighted by Gasteiger charge is -2.31. The first kappa shape index (κ1) is 23.1. The molecule has 144 valence electrons. The van der Waals surface area contributed by atoms with Crippen LogP contribution in [-0.4, -0.2) is 47.8 Å². The summed E-state index contributed by atoms with van der Waals surface area (Å²) in [5.41, 5.74) is 0. The van der Waals surface area contributed by atoms with Gasteiger partial charge < -0.3 is 0 Å². The number of halogens is 9. The van der Waals surface area contributed by atoms with E-state index in [-0.39, 0.29) is 0 Å². The van der Waals surface area contributed by atoms with Gasteiger partial charge in [0.25, 0.3) is 0 Å². The summed E-state index contributed by atoms with van der Waals surface area (Å²) in [6.07, 6.45) is -1.54. The zero-order valence-electron chi connectivity index (χ0n) is 11.2. The van der Waals surface area contributed by atoms with Crippen LogP contribution < -0.4 is 0 Å². The number of carbonyl (C=O) groups is 2. The van der Waals surface area contributed by atoms with E-state index in [1.165, 1.54) is 12.2 Å². The van der Waals surface area contributed by atoms with Gasteiger partial charge in [-0.25, -0.2) is 0 Å². The second-order valence-electron chi connectivity index (χ2n) is 4.09. The van der Waals surface area contributed by atoms with E-state index < -0.39 is 45.0 Å². The second kappa shape index (κ2) is 6.78. The summed E-state index contributed by atoms with van der Waals surface area (Å²) in [7, 11) is -7.17. The third-order valence-electron chi connectivity index (χ3n) is 2.29. The standard InChI is InChI=1S/C6H4O2.C4HF9O3S/c7-5-3-1-2-4-6(5)8;5-1(6,3(9,10)11)2(7,8)4(12,13)17(14,15)16/h1-4H;(H,14,15,16). The minimum absolute atomic E-state index is 0.437. The molecule has 0 atom stereocenters. The Morgan fingerprint density at radius 2 is 1.04 bits per heavy atom. The van der Waals surface area contributed by atoms with Crippen LogP contribution in [0.4, 0.5) is 39.5 Å². The Morgan fingerprint density at radius 1 is 0.720 bits per heavy atom. The van der Waals surface area contributed by atoms with Crippen molar-refractivity contribution >= 4 is 21.7 Å². The van der Waals surface area contributed by atoms with Gasteiger partial charge in [0.1, 0.15) is 0 Å². The molecule has 1 aliphatic rings. The summed E-state index contributed by atoms with van der Waals surface area (Å²) in [6, 6.07) is 0. The van der Waals surface area contributed by atoms with E-state index >= 15 is 0 Å². The fourth-order valence-corrected chi connectivity index (χ4v) is 1.43. The van der Waals surface area contributed by atoms with Crippen molar-refractivity contribution in [1.29, 1.82) is 0 Å². The first-order valence-electron chi connectivity index (χ1n) is 5.41. The number of hydrogen-bond acceptors (Lipinski definition) is 4. The minimum Gasteiger partial charge on any atom is -0.286 e. The summed E-state index contributed by atoms with van der Waals surface area (Å²) in [6.45, 7) is 0. The lowest BCUT2D eigenvalue weighted by atomic mass is 10.1. The summed E-state index contributed by atoms with van der Waals surface area (Å²) in [5.74, 6) is -15.6. The van der Waals surface area contributed by atoms with Gasteiger partial charge in [0.2, 0.25) is 11.6 Å². The minimum atomic E-state index is -7.37. The van der Waals surface area contributed by atoms with Gasteiger partial charge in [-0.15, -0.1) is 0 Å². The molecule has 0 saturated carbocycles. The molecule has 0 aromatic rings. The van der Waals surface area contributed by atoms with Crippen LogP contribution in [0.1, 0.15) is 0 Å². The Labute approximate surface area is 132 Å². The molecule has 0 aliphatic heterocycles. The maximum atomic E-state index is 12.2. The van der Waals surface area contributed by atoms with Crippen molar-refractivity contribution in [2.75, 3.05) is 0 Å². The lowest BCUT2D eigenvalue weighted by molar-refractivity contribution is -0.382. The van der Waals surface area contributed by atoms with Crippen LogP contribution in [0, 0.1) is 0 Å². The third-order valence-corrected chi connectivity index (χ3v) is 3.19. The molecule has 0 amide bonds. The molecular formula is C10H5F9O5S. The van der Waals surface area contributed by atoms with Gasteiger partial charge in [-0.3, -0.25) is 14.1 Å². The Kier molecular flexibility index (Phi) is 6.26. The van der Waals surface area contributed by atoms with E-state index in [0.717, 1.165) is 0 Å². The van der Waals surface area contributed by atoms with Gasteiger partial charge in [0, 0.05) is 0 Å². The van der Waals surface area contributed by atoms with Crippen molar-refractivity contribution in [3.63, 3.8) is 0 Å². The Hall–Kier alpha value is -1.90. The van der Waals surface area contributed by atoms with E-state index in [0.29, 0.717) is 0 Å². The topological polar surface area (TPSA) is 88.5 Å². The molecule has 5 nitrogen and oxygen atoms in total. The molecular weight excluding hydrogens is 403 g/mol. The predicted molar refractivity (Wildman–Crippen MR) is 60.7 cm³/mol. The molecule has 0 unspecified atom stereocenters. The highest BCUT2D eigenvalue weighted by atomic mass is 32.2. The summed E-state index contributed by atoms with van der Waals surface area (Å²) >= 11 is 0. The maximum Gasteiger partial charge on any atom is 0.460 e. The van der Waals surface area contributed by atoms with Crippen molar-refractivity contribution < 1.29 is 62.1 Å². The molecule has 1 N–H and O–H groups in total. The molecule has 0 saturated heterocycles. The van der Waals surface area contributed by atoms with E-state index in [4.69, 9.17) is 4.55 Å². The Bertz CT molecular complexity index is 681. The van der Waals surface area contributed by atoms with Crippen LogP contribution in [0.5, 0.6) is 0 Å². The van der Waals surface area contributed by atoms with Crippen molar-refractivity contribution in [1.82, 2.24) is 0 Å². The van der Waals surface area contributed by atoms with Crippen LogP contribution >= 0.6 is 0 Å². The molecule has 0 aromatic heterocycles. The van der Waals surface area contributed by atoms with Crippen LogP contribution in [0.25, 0.3) is 0 Å². The molecule has 15 heteroatoms. The SMILES string of the molecule is O=C1C=CC=CC1=O.O=S(=O)(O)C(F)(F)C(F)(F)C(F)(F)C(F)(F)F. The third kappa shape index (κ3) is 4.39. The van der Waals surface area contributed by atoms with E-state index in [1.807, 2.05) is 0 Å². The number of rotatable bonds is 3. The largest absolute Gasteiger partial charge is 0.460 e. The summed E-state index contributed by atoms with van der Waals surface area (Å²) in [4.78, 5) is 20.6. The highest BCUT2D eigenvalue weighted by Gasteiger charge is 2.85. The molecule has 1 aliphatic carbocycles. The van der Waals surface area contributed by atoms with Crippen molar-refractivity contribution in [3.05, 3.63) is 24.3 Å². The number of allylic oxidation sites excluding steroid dienone is 4. The predicted octanol–water partition coefficient (Wildman–Crippen LogP) is 2.55. The number of carbonyl (C=O) groups excluding carboxylic acids is 2.